The van der Waals surface area contributed by atoms with Crippen LogP contribution in [0.2, 0.25) is 0 Å². The Morgan fingerprint density at radius 3 is 1.96 bits per heavy atom. The summed E-state index contributed by atoms with van der Waals surface area (Å²) in [5.74, 6) is -1.04. The highest BCUT2D eigenvalue weighted by atomic mass is 16.5. The third-order valence-corrected chi connectivity index (χ3v) is 2.87. The molecular formula is C19H32O5. The Hall–Kier alpha value is -1.88. The van der Waals surface area contributed by atoms with Crippen molar-refractivity contribution >= 4 is 11.9 Å². The van der Waals surface area contributed by atoms with Crippen LogP contribution >= 0.6 is 0 Å². The number of carbonyl (C=O) groups excluding carboxylic acids is 1. The van der Waals surface area contributed by atoms with Crippen molar-refractivity contribution in [2.75, 3.05) is 13.2 Å². The minimum absolute atomic E-state index is 0.0703. The average Bonchev–Trinajstić information content (AvgIpc) is 2.45. The molecule has 0 saturated carbocycles. The van der Waals surface area contributed by atoms with Crippen molar-refractivity contribution in [3.8, 4) is 0 Å². The molecule has 0 radical (unpaired) electrons. The standard InChI is InChI=1S/C17H28O3.C2H4O2/c1-5-20-17(19)16(10-6-8-14(2)3)11-7-9-15(4)12-13-18;1-2(3)4/h8,11-12,18H,5-7,9-10,13H2,1-4H3;1H3,(H,3,4). The number of carbonyl (C=O) groups is 2. The Morgan fingerprint density at radius 2 is 1.50 bits per heavy atom. The first kappa shape index (κ1) is 24.4. The molecule has 5 nitrogen and oxygen atoms in total. The Morgan fingerprint density at radius 1 is 0.958 bits per heavy atom. The quantitative estimate of drug-likeness (QED) is 0.376. The maximum atomic E-state index is 11.9. The molecule has 0 heterocycles. The molecule has 0 saturated heterocycles. The SMILES string of the molecule is CC(=O)O.CCOC(=O)C(=CCCC(C)=CCO)CCC=C(C)C. The summed E-state index contributed by atoms with van der Waals surface area (Å²) >= 11 is 0. The average molecular weight is 340 g/mol. The fourth-order valence-electron chi connectivity index (χ4n) is 1.76. The molecule has 0 amide bonds. The van der Waals surface area contributed by atoms with Gasteiger partial charge in [0.2, 0.25) is 0 Å². The third kappa shape index (κ3) is 18.2. The van der Waals surface area contributed by atoms with Gasteiger partial charge in [-0.3, -0.25) is 4.79 Å². The molecule has 0 aromatic rings. The molecule has 0 rings (SSSR count). The lowest BCUT2D eigenvalue weighted by molar-refractivity contribution is -0.138. The topological polar surface area (TPSA) is 83.8 Å². The summed E-state index contributed by atoms with van der Waals surface area (Å²) in [5, 5.41) is 16.2. The molecule has 0 aliphatic heterocycles. The van der Waals surface area contributed by atoms with Crippen molar-refractivity contribution in [1.82, 2.24) is 0 Å². The van der Waals surface area contributed by atoms with E-state index in [0.29, 0.717) is 13.0 Å². The summed E-state index contributed by atoms with van der Waals surface area (Å²) in [5.41, 5.74) is 3.15. The first-order valence-electron chi connectivity index (χ1n) is 8.20. The van der Waals surface area contributed by atoms with Gasteiger partial charge in [0.05, 0.1) is 13.2 Å². The molecule has 0 aromatic carbocycles. The summed E-state index contributed by atoms with van der Waals surface area (Å²) in [7, 11) is 0. The largest absolute Gasteiger partial charge is 0.481 e. The number of aliphatic hydroxyl groups is 1. The van der Waals surface area contributed by atoms with Gasteiger partial charge in [0.1, 0.15) is 0 Å². The number of carboxylic acid groups (broad SMARTS) is 1. The van der Waals surface area contributed by atoms with Crippen LogP contribution in [0.4, 0.5) is 0 Å². The van der Waals surface area contributed by atoms with E-state index in [1.807, 2.05) is 19.9 Å². The molecule has 0 atom stereocenters. The van der Waals surface area contributed by atoms with E-state index >= 15 is 0 Å². The van der Waals surface area contributed by atoms with Crippen molar-refractivity contribution < 1.29 is 24.5 Å². The normalized spacial score (nSPS) is 11.2. The van der Waals surface area contributed by atoms with Crippen LogP contribution in [-0.2, 0) is 14.3 Å². The van der Waals surface area contributed by atoms with Crippen molar-refractivity contribution in [2.24, 2.45) is 0 Å². The first-order valence-corrected chi connectivity index (χ1v) is 8.20. The highest BCUT2D eigenvalue weighted by Gasteiger charge is 2.09. The van der Waals surface area contributed by atoms with Gasteiger partial charge in [-0.05, 0) is 53.4 Å². The minimum atomic E-state index is -0.833. The van der Waals surface area contributed by atoms with E-state index in [1.165, 1.54) is 5.57 Å². The number of esters is 1. The van der Waals surface area contributed by atoms with Crippen molar-refractivity contribution in [2.45, 2.75) is 60.3 Å². The smallest absolute Gasteiger partial charge is 0.333 e. The van der Waals surface area contributed by atoms with Gasteiger partial charge in [-0.15, -0.1) is 0 Å². The number of aliphatic hydroxyl groups excluding tert-OH is 1. The maximum Gasteiger partial charge on any atom is 0.333 e. The number of allylic oxidation sites excluding steroid dienone is 4. The fraction of sp³-hybridized carbons (Fsp3) is 0.579. The zero-order chi connectivity index (χ0) is 19.0. The number of aliphatic carboxylic acids is 1. The molecular weight excluding hydrogens is 308 g/mol. The number of hydrogen-bond acceptors (Lipinski definition) is 4. The summed E-state index contributed by atoms with van der Waals surface area (Å²) < 4.78 is 5.08. The minimum Gasteiger partial charge on any atom is -0.481 e. The second kappa shape index (κ2) is 16.0. The lowest BCUT2D eigenvalue weighted by Gasteiger charge is -2.06. The molecule has 5 heteroatoms. The van der Waals surface area contributed by atoms with Gasteiger partial charge >= 0.3 is 5.97 Å². The summed E-state index contributed by atoms with van der Waals surface area (Å²) in [6.45, 7) is 9.47. The predicted molar refractivity (Wildman–Crippen MR) is 96.8 cm³/mol. The Labute approximate surface area is 145 Å². The van der Waals surface area contributed by atoms with Gasteiger partial charge in [0, 0.05) is 12.5 Å². The number of carboxylic acids is 1. The van der Waals surface area contributed by atoms with Gasteiger partial charge in [-0.1, -0.05) is 29.4 Å². The van der Waals surface area contributed by atoms with E-state index < -0.39 is 5.97 Å². The van der Waals surface area contributed by atoms with Crippen molar-refractivity contribution in [3.63, 3.8) is 0 Å². The first-order chi connectivity index (χ1) is 11.2. The van der Waals surface area contributed by atoms with E-state index in [4.69, 9.17) is 19.7 Å². The number of ether oxygens (including phenoxy) is 1. The third-order valence-electron chi connectivity index (χ3n) is 2.87. The van der Waals surface area contributed by atoms with Crippen molar-refractivity contribution in [1.29, 1.82) is 0 Å². The zero-order valence-corrected chi connectivity index (χ0v) is 15.6. The number of hydrogen-bond donors (Lipinski definition) is 2. The summed E-state index contributed by atoms with van der Waals surface area (Å²) in [6.07, 6.45) is 9.11. The van der Waals surface area contributed by atoms with Crippen LogP contribution in [0.1, 0.15) is 60.3 Å². The number of rotatable bonds is 9. The molecule has 0 aliphatic carbocycles. The molecule has 138 valence electrons. The molecule has 0 bridgehead atoms. The highest BCUT2D eigenvalue weighted by molar-refractivity contribution is 5.88. The fourth-order valence-corrected chi connectivity index (χ4v) is 1.76. The second-order valence-electron chi connectivity index (χ2n) is 5.56. The van der Waals surface area contributed by atoms with Crippen LogP contribution in [0.15, 0.2) is 34.9 Å². The molecule has 0 fully saturated rings. The maximum absolute atomic E-state index is 11.9. The Kier molecular flexibility index (Phi) is 16.2. The monoisotopic (exact) mass is 340 g/mol. The highest BCUT2D eigenvalue weighted by Crippen LogP contribution is 2.13. The second-order valence-corrected chi connectivity index (χ2v) is 5.56. The molecule has 0 aliphatic rings. The van der Waals surface area contributed by atoms with Gasteiger partial charge in [0.15, 0.2) is 0 Å². The zero-order valence-electron chi connectivity index (χ0n) is 15.6. The summed E-state index contributed by atoms with van der Waals surface area (Å²) in [4.78, 5) is 20.9. The van der Waals surface area contributed by atoms with E-state index in [2.05, 4.69) is 19.9 Å². The van der Waals surface area contributed by atoms with Crippen molar-refractivity contribution in [3.05, 3.63) is 34.9 Å². The molecule has 24 heavy (non-hydrogen) atoms. The van der Waals surface area contributed by atoms with Gasteiger partial charge in [-0.2, -0.15) is 0 Å². The van der Waals surface area contributed by atoms with E-state index in [0.717, 1.165) is 37.3 Å². The van der Waals surface area contributed by atoms with Gasteiger partial charge in [-0.25, -0.2) is 4.79 Å². The van der Waals surface area contributed by atoms with Crippen LogP contribution in [-0.4, -0.2) is 35.4 Å². The van der Waals surface area contributed by atoms with Crippen LogP contribution in [0.3, 0.4) is 0 Å². The molecule has 0 spiro atoms. The predicted octanol–water partition coefficient (Wildman–Crippen LogP) is 4.03. The molecule has 0 aromatic heterocycles. The molecule has 2 N–H and O–H groups in total. The Bertz CT molecular complexity index is 450. The Balaban J connectivity index is 0. The van der Waals surface area contributed by atoms with Gasteiger partial charge < -0.3 is 14.9 Å². The van der Waals surface area contributed by atoms with Crippen LogP contribution < -0.4 is 0 Å². The van der Waals surface area contributed by atoms with Crippen LogP contribution in [0, 0.1) is 0 Å². The van der Waals surface area contributed by atoms with Crippen LogP contribution in [0.5, 0.6) is 0 Å². The van der Waals surface area contributed by atoms with Crippen LogP contribution in [0.25, 0.3) is 0 Å². The van der Waals surface area contributed by atoms with E-state index in [9.17, 15) is 4.79 Å². The van der Waals surface area contributed by atoms with E-state index in [1.54, 1.807) is 6.08 Å². The lowest BCUT2D eigenvalue weighted by atomic mass is 10.1. The lowest BCUT2D eigenvalue weighted by Crippen LogP contribution is -2.07. The van der Waals surface area contributed by atoms with E-state index in [-0.39, 0.29) is 12.6 Å². The molecule has 0 unspecified atom stereocenters. The summed E-state index contributed by atoms with van der Waals surface area (Å²) in [6, 6.07) is 0. The van der Waals surface area contributed by atoms with Gasteiger partial charge in [0.25, 0.3) is 5.97 Å².